The van der Waals surface area contributed by atoms with E-state index in [1.165, 1.54) is 13.5 Å². The molecule has 7 heterocycles. The molecule has 0 aromatic carbocycles. The zero-order valence-electron chi connectivity index (χ0n) is 28.8. The van der Waals surface area contributed by atoms with Crippen molar-refractivity contribution in [1.82, 2.24) is 29.9 Å². The predicted molar refractivity (Wildman–Crippen MR) is 187 cm³/mol. The highest BCUT2D eigenvalue weighted by atomic mass is 35.5. The number of ether oxygens (including phenoxy) is 5. The van der Waals surface area contributed by atoms with Crippen LogP contribution >= 0.6 is 11.6 Å². The Morgan fingerprint density at radius 3 is 2.02 bits per heavy atom. The summed E-state index contributed by atoms with van der Waals surface area (Å²) >= 11 is 5.86. The number of unbranched alkanes of at least 4 members (excludes halogenated alkanes) is 1. The Morgan fingerprint density at radius 1 is 0.824 bits per heavy atom. The van der Waals surface area contributed by atoms with Crippen LogP contribution in [-0.2, 0) is 72.4 Å². The van der Waals surface area contributed by atoms with Gasteiger partial charge in [-0.1, -0.05) is 24.9 Å². The van der Waals surface area contributed by atoms with Crippen molar-refractivity contribution in [3.8, 4) is 0 Å². The number of nitrogens with zero attached hydrogens (tertiary/aromatic N) is 5. The molecule has 51 heavy (non-hydrogen) atoms. The molecule has 1 saturated heterocycles. The number of nitrogen functional groups attached to an aromatic ring is 3. The summed E-state index contributed by atoms with van der Waals surface area (Å²) in [5.74, 6) is 0.322. The highest BCUT2D eigenvalue weighted by Gasteiger charge is 2.30. The second-order valence-corrected chi connectivity index (χ2v) is 11.9. The standard InChI is InChI=1S/C11H18N4O.C7H8ClN3O.C7H9N3O2.C7H10O4/c1-2-3-5-13-10-8-4-6-16-7-9(8)14-11(12)15-10;8-6-4-1-2-12-3-5(4)10-7(9)11-6;8-7-9-5-3-12-2-1-4(5)6(11)10-7;1-10-7(9)5-4-11-3-2-6(5)8/h2-7H2,1H3,(H3,12,13,14,15);1-3H2,(H2,9,10,11);1-3H2,(H3,8,9,10,11);5H,2-4H2,1H3. The lowest BCUT2D eigenvalue weighted by atomic mass is 10.0. The van der Waals surface area contributed by atoms with E-state index in [0.29, 0.717) is 74.8 Å². The predicted octanol–water partition coefficient (Wildman–Crippen LogP) is 1.32. The first-order valence-electron chi connectivity index (χ1n) is 16.6. The van der Waals surface area contributed by atoms with Gasteiger partial charge < -0.3 is 46.2 Å². The molecule has 0 saturated carbocycles. The van der Waals surface area contributed by atoms with Gasteiger partial charge in [-0.05, 0) is 6.42 Å². The maximum absolute atomic E-state index is 11.3. The number of nitrogens with two attached hydrogens (primary N) is 3. The molecule has 1 unspecified atom stereocenters. The van der Waals surface area contributed by atoms with Crippen LogP contribution in [0.15, 0.2) is 4.79 Å². The van der Waals surface area contributed by atoms with E-state index in [4.69, 9.17) is 47.7 Å². The van der Waals surface area contributed by atoms with Crippen molar-refractivity contribution in [3.05, 3.63) is 49.3 Å². The molecular formula is C32H45ClN10O8. The van der Waals surface area contributed by atoms with Gasteiger partial charge in [0.05, 0.1) is 77.0 Å². The Balaban J connectivity index is 0.000000154. The molecule has 4 aliphatic heterocycles. The van der Waals surface area contributed by atoms with E-state index in [2.05, 4.69) is 46.9 Å². The molecular weight excluding hydrogens is 688 g/mol. The van der Waals surface area contributed by atoms with Crippen molar-refractivity contribution >= 4 is 47.0 Å². The summed E-state index contributed by atoms with van der Waals surface area (Å²) in [5.41, 5.74) is 21.6. The number of hydrogen-bond acceptors (Lipinski definition) is 17. The van der Waals surface area contributed by atoms with Gasteiger partial charge in [-0.15, -0.1) is 0 Å². The zero-order chi connectivity index (χ0) is 36.8. The summed E-state index contributed by atoms with van der Waals surface area (Å²) in [7, 11) is 1.27. The summed E-state index contributed by atoms with van der Waals surface area (Å²) in [6.07, 6.45) is 4.88. The summed E-state index contributed by atoms with van der Waals surface area (Å²) in [4.78, 5) is 55.9. The number of esters is 1. The van der Waals surface area contributed by atoms with Gasteiger partial charge in [0.1, 0.15) is 16.9 Å². The van der Waals surface area contributed by atoms with Gasteiger partial charge in [-0.3, -0.25) is 19.4 Å². The van der Waals surface area contributed by atoms with E-state index >= 15 is 0 Å². The average Bonchev–Trinajstić information content (AvgIpc) is 3.12. The van der Waals surface area contributed by atoms with Crippen LogP contribution in [0.2, 0.25) is 5.15 Å². The number of carbonyl (C=O) groups is 2. The molecule has 8 N–H and O–H groups in total. The van der Waals surface area contributed by atoms with Crippen LogP contribution in [0, 0.1) is 5.92 Å². The van der Waals surface area contributed by atoms with Gasteiger partial charge in [0, 0.05) is 48.9 Å². The number of rotatable bonds is 5. The number of nitrogens with one attached hydrogen (secondary N) is 2. The minimum Gasteiger partial charge on any atom is -0.468 e. The first-order chi connectivity index (χ1) is 24.6. The number of H-pyrrole nitrogens is 1. The first kappa shape index (κ1) is 39.3. The normalized spacial score (nSPS) is 17.3. The van der Waals surface area contributed by atoms with E-state index in [9.17, 15) is 14.4 Å². The van der Waals surface area contributed by atoms with Crippen molar-refractivity contribution in [2.75, 3.05) is 69.2 Å². The topological polar surface area (TPSA) is 268 Å². The third kappa shape index (κ3) is 11.5. The van der Waals surface area contributed by atoms with Crippen molar-refractivity contribution < 1.29 is 33.3 Å². The molecule has 3 aromatic heterocycles. The number of fused-ring (bicyclic) bond motifs is 3. The Morgan fingerprint density at radius 2 is 1.39 bits per heavy atom. The molecule has 0 aliphatic carbocycles. The van der Waals surface area contributed by atoms with E-state index in [1.807, 2.05) is 0 Å². The second kappa shape index (κ2) is 19.8. The minimum absolute atomic E-state index is 0.0805. The highest BCUT2D eigenvalue weighted by Crippen LogP contribution is 2.23. The van der Waals surface area contributed by atoms with E-state index in [-0.39, 0.29) is 29.8 Å². The summed E-state index contributed by atoms with van der Waals surface area (Å²) in [6.45, 7) is 7.12. The van der Waals surface area contributed by atoms with E-state index in [0.717, 1.165) is 60.7 Å². The molecule has 18 nitrogen and oxygen atoms in total. The maximum Gasteiger partial charge on any atom is 0.318 e. The fraction of sp³-hybridized carbons (Fsp3) is 0.562. The first-order valence-corrected chi connectivity index (χ1v) is 17.0. The number of halogens is 1. The number of Topliss-reactive ketones (excluding diaryl/α,β-unsaturated/α-hetero) is 1. The van der Waals surface area contributed by atoms with Gasteiger partial charge in [-0.2, -0.15) is 4.98 Å². The lowest BCUT2D eigenvalue weighted by Gasteiger charge is -2.19. The molecule has 0 bridgehead atoms. The Labute approximate surface area is 299 Å². The van der Waals surface area contributed by atoms with Crippen LogP contribution < -0.4 is 28.1 Å². The molecule has 4 aliphatic rings. The molecule has 19 heteroatoms. The van der Waals surface area contributed by atoms with Crippen LogP contribution in [0.1, 0.15) is 60.0 Å². The minimum atomic E-state index is -0.686. The molecule has 7 rings (SSSR count). The molecule has 0 radical (unpaired) electrons. The van der Waals surface area contributed by atoms with Crippen LogP contribution in [-0.4, -0.2) is 88.3 Å². The monoisotopic (exact) mass is 732 g/mol. The van der Waals surface area contributed by atoms with Crippen molar-refractivity contribution in [1.29, 1.82) is 0 Å². The number of anilines is 4. The van der Waals surface area contributed by atoms with E-state index < -0.39 is 11.9 Å². The third-order valence-corrected chi connectivity index (χ3v) is 8.28. The van der Waals surface area contributed by atoms with Gasteiger partial charge >= 0.3 is 5.97 Å². The Bertz CT molecular complexity index is 1700. The SMILES string of the molecule is CCCCNc1nc(N)nc2c1CCOC2.COC(=O)C1COCCC1=O.Nc1nc(Cl)c2c(n1)COCC2.Nc1nc2c(c(=O)[nH]1)CCOC2. The maximum atomic E-state index is 11.3. The number of aromatic amines is 1. The fourth-order valence-corrected chi connectivity index (χ4v) is 5.59. The smallest absolute Gasteiger partial charge is 0.318 e. The quantitative estimate of drug-likeness (QED) is 0.107. The summed E-state index contributed by atoms with van der Waals surface area (Å²) < 4.78 is 25.1. The second-order valence-electron chi connectivity index (χ2n) is 11.6. The van der Waals surface area contributed by atoms with Crippen LogP contribution in [0.25, 0.3) is 0 Å². The molecule has 0 amide bonds. The number of methoxy groups -OCH3 is 1. The molecule has 1 fully saturated rings. The van der Waals surface area contributed by atoms with Crippen LogP contribution in [0.4, 0.5) is 23.7 Å². The molecule has 0 spiro atoms. The van der Waals surface area contributed by atoms with Crippen molar-refractivity contribution in [3.63, 3.8) is 0 Å². The van der Waals surface area contributed by atoms with Gasteiger partial charge in [0.15, 0.2) is 5.78 Å². The van der Waals surface area contributed by atoms with Gasteiger partial charge in [-0.25, -0.2) is 19.9 Å². The van der Waals surface area contributed by atoms with Gasteiger partial charge in [0.25, 0.3) is 5.56 Å². The van der Waals surface area contributed by atoms with Gasteiger partial charge in [0.2, 0.25) is 17.8 Å². The average molecular weight is 733 g/mol. The fourth-order valence-electron chi connectivity index (χ4n) is 5.30. The Hall–Kier alpha value is -4.49. The van der Waals surface area contributed by atoms with Crippen molar-refractivity contribution in [2.45, 2.75) is 65.3 Å². The zero-order valence-corrected chi connectivity index (χ0v) is 29.6. The molecule has 3 aromatic rings. The number of ketones is 1. The lowest BCUT2D eigenvalue weighted by Crippen LogP contribution is -2.34. The number of aromatic nitrogens is 6. The Kier molecular flexibility index (Phi) is 15.2. The number of carbonyl (C=O) groups excluding carboxylic acids is 2. The van der Waals surface area contributed by atoms with Crippen LogP contribution in [0.3, 0.4) is 0 Å². The van der Waals surface area contributed by atoms with E-state index in [1.54, 1.807) is 0 Å². The van der Waals surface area contributed by atoms with Crippen molar-refractivity contribution in [2.24, 2.45) is 5.92 Å². The summed E-state index contributed by atoms with van der Waals surface area (Å²) in [5, 5.41) is 3.79. The largest absolute Gasteiger partial charge is 0.468 e. The number of hydrogen-bond donors (Lipinski definition) is 5. The lowest BCUT2D eigenvalue weighted by molar-refractivity contribution is -0.155. The summed E-state index contributed by atoms with van der Waals surface area (Å²) in [6, 6.07) is 0. The van der Waals surface area contributed by atoms with Crippen LogP contribution in [0.5, 0.6) is 0 Å². The third-order valence-electron chi connectivity index (χ3n) is 7.97. The molecule has 1 atom stereocenters. The highest BCUT2D eigenvalue weighted by molar-refractivity contribution is 6.30. The molecule has 278 valence electrons.